The van der Waals surface area contributed by atoms with Crippen molar-refractivity contribution in [3.05, 3.63) is 18.6 Å². The van der Waals surface area contributed by atoms with Crippen LogP contribution >= 0.6 is 0 Å². The quantitative estimate of drug-likeness (QED) is 0.480. The summed E-state index contributed by atoms with van der Waals surface area (Å²) >= 11 is 0. The lowest BCUT2D eigenvalue weighted by Crippen LogP contribution is -2.29. The van der Waals surface area contributed by atoms with Gasteiger partial charge in [-0.15, -0.1) is 0 Å². The van der Waals surface area contributed by atoms with Gasteiger partial charge in [-0.3, -0.25) is 0 Å². The number of aliphatic hydroxyl groups is 1. The van der Waals surface area contributed by atoms with Crippen molar-refractivity contribution in [3.63, 3.8) is 0 Å². The summed E-state index contributed by atoms with van der Waals surface area (Å²) in [6, 6.07) is 2.21. The van der Waals surface area contributed by atoms with E-state index >= 15 is 0 Å². The summed E-state index contributed by atoms with van der Waals surface area (Å²) in [5.41, 5.74) is 1.52. The second-order valence-corrected chi connectivity index (χ2v) is 9.05. The first-order chi connectivity index (χ1) is 14.3. The smallest absolute Gasteiger partial charge is 0.224 e. The third kappa shape index (κ3) is 6.52. The van der Waals surface area contributed by atoms with Crippen molar-refractivity contribution in [2.45, 2.75) is 83.9 Å². The van der Waals surface area contributed by atoms with E-state index in [1.807, 2.05) is 12.3 Å². The largest absolute Gasteiger partial charge is 0.393 e. The highest BCUT2D eigenvalue weighted by Gasteiger charge is 2.22. The van der Waals surface area contributed by atoms with Gasteiger partial charge in [0.15, 0.2) is 0 Å². The Balaban J connectivity index is 1.87. The zero-order valence-corrected chi connectivity index (χ0v) is 18.6. The van der Waals surface area contributed by atoms with Gasteiger partial charge in [-0.1, -0.05) is 13.3 Å². The summed E-state index contributed by atoms with van der Waals surface area (Å²) in [5, 5.41) is 20.1. The molecule has 2 aromatic heterocycles. The fraction of sp³-hybridized carbons (Fsp3) is 0.636. The molecule has 2 aromatic rings. The number of nitrogens with zero attached hydrogens (tertiary/aromatic N) is 4. The van der Waals surface area contributed by atoms with Crippen molar-refractivity contribution in [2.24, 2.45) is 0 Å². The monoisotopic (exact) mass is 413 g/mol. The number of anilines is 3. The van der Waals surface area contributed by atoms with Gasteiger partial charge in [-0.2, -0.15) is 4.98 Å². The van der Waals surface area contributed by atoms with Gasteiger partial charge in [0.1, 0.15) is 18.0 Å². The Morgan fingerprint density at radius 1 is 1.10 bits per heavy atom. The number of nitrogens with one attached hydrogen (secondary N) is 3. The number of aromatic nitrogens is 4. The van der Waals surface area contributed by atoms with Gasteiger partial charge in [0.2, 0.25) is 5.95 Å². The van der Waals surface area contributed by atoms with Gasteiger partial charge in [0.25, 0.3) is 0 Å². The van der Waals surface area contributed by atoms with E-state index in [-0.39, 0.29) is 17.7 Å². The Labute approximate surface area is 179 Å². The van der Waals surface area contributed by atoms with Crippen molar-refractivity contribution >= 4 is 17.6 Å². The van der Waals surface area contributed by atoms with Gasteiger partial charge < -0.3 is 21.1 Å². The number of aliphatic hydroxyl groups excluding tert-OH is 1. The molecule has 2 heterocycles. The van der Waals surface area contributed by atoms with E-state index in [0.29, 0.717) is 5.95 Å². The molecule has 0 bridgehead atoms. The van der Waals surface area contributed by atoms with Crippen LogP contribution in [0, 0.1) is 0 Å². The number of hydrogen-bond donors (Lipinski definition) is 4. The Morgan fingerprint density at radius 2 is 1.87 bits per heavy atom. The molecule has 1 aliphatic rings. The lowest BCUT2D eigenvalue weighted by Gasteiger charge is -2.27. The Hall–Kier alpha value is -2.48. The molecule has 0 atom stereocenters. The van der Waals surface area contributed by atoms with E-state index in [2.05, 4.69) is 58.6 Å². The van der Waals surface area contributed by atoms with Gasteiger partial charge in [-0.05, 0) is 52.9 Å². The van der Waals surface area contributed by atoms with Crippen molar-refractivity contribution in [2.75, 3.05) is 22.5 Å². The van der Waals surface area contributed by atoms with Gasteiger partial charge in [0, 0.05) is 30.4 Å². The zero-order valence-electron chi connectivity index (χ0n) is 18.6. The molecule has 1 aliphatic carbocycles. The van der Waals surface area contributed by atoms with E-state index < -0.39 is 0 Å². The minimum atomic E-state index is -0.188. The maximum absolute atomic E-state index is 9.83. The summed E-state index contributed by atoms with van der Waals surface area (Å²) in [6.45, 7) is 9.30. The van der Waals surface area contributed by atoms with Crippen LogP contribution in [0.1, 0.15) is 66.2 Å². The average Bonchev–Trinajstić information content (AvgIpc) is 2.69. The molecule has 0 unspecified atom stereocenters. The van der Waals surface area contributed by atoms with Crippen LogP contribution in [-0.2, 0) is 0 Å². The van der Waals surface area contributed by atoms with E-state index in [4.69, 9.17) is 4.98 Å². The van der Waals surface area contributed by atoms with Gasteiger partial charge >= 0.3 is 0 Å². The van der Waals surface area contributed by atoms with Crippen molar-refractivity contribution in [1.29, 1.82) is 0 Å². The predicted molar refractivity (Wildman–Crippen MR) is 122 cm³/mol. The zero-order chi connectivity index (χ0) is 21.6. The third-order valence-corrected chi connectivity index (χ3v) is 5.09. The number of unbranched alkanes of at least 4 members (excludes halogenated alkanes) is 1. The molecule has 0 spiro atoms. The molecular formula is C22H35N7O. The SMILES string of the molecule is CCCCNc1ncc(-c2cc(NC(C)(C)C)ncn2)c(N[C@H]2CC[C@H](O)CC2)n1. The van der Waals surface area contributed by atoms with Gasteiger partial charge in [-0.25, -0.2) is 15.0 Å². The number of hydrogen-bond acceptors (Lipinski definition) is 8. The molecule has 8 heteroatoms. The van der Waals surface area contributed by atoms with Crippen LogP contribution < -0.4 is 16.0 Å². The van der Waals surface area contributed by atoms with Crippen LogP contribution in [-0.4, -0.2) is 49.3 Å². The van der Waals surface area contributed by atoms with Crippen LogP contribution in [0.3, 0.4) is 0 Å². The van der Waals surface area contributed by atoms with E-state index in [1.165, 1.54) is 0 Å². The highest BCUT2D eigenvalue weighted by molar-refractivity contribution is 5.74. The molecule has 164 valence electrons. The summed E-state index contributed by atoms with van der Waals surface area (Å²) in [6.07, 6.45) is 8.86. The predicted octanol–water partition coefficient (Wildman–Crippen LogP) is 4.07. The molecule has 0 aliphatic heterocycles. The minimum Gasteiger partial charge on any atom is -0.393 e. The summed E-state index contributed by atoms with van der Waals surface area (Å²) < 4.78 is 0. The fourth-order valence-electron chi connectivity index (χ4n) is 3.51. The second kappa shape index (κ2) is 10.0. The Bertz CT molecular complexity index is 813. The molecule has 3 rings (SSSR count). The van der Waals surface area contributed by atoms with E-state index in [1.54, 1.807) is 6.33 Å². The molecule has 1 saturated carbocycles. The maximum Gasteiger partial charge on any atom is 0.224 e. The molecule has 0 amide bonds. The van der Waals surface area contributed by atoms with E-state index in [9.17, 15) is 5.11 Å². The first kappa shape index (κ1) is 22.2. The van der Waals surface area contributed by atoms with Crippen LogP contribution in [0.2, 0.25) is 0 Å². The highest BCUT2D eigenvalue weighted by Crippen LogP contribution is 2.30. The summed E-state index contributed by atoms with van der Waals surface area (Å²) in [4.78, 5) is 18.1. The van der Waals surface area contributed by atoms with Crippen LogP contribution in [0.15, 0.2) is 18.6 Å². The second-order valence-electron chi connectivity index (χ2n) is 9.05. The minimum absolute atomic E-state index is 0.0980. The topological polar surface area (TPSA) is 108 Å². The lowest BCUT2D eigenvalue weighted by molar-refractivity contribution is 0.126. The fourth-order valence-corrected chi connectivity index (χ4v) is 3.51. The standard InChI is InChI=1S/C22H35N7O/c1-5-6-11-23-21-24-13-17(18-12-19(26-14-25-18)29-22(2,3)4)20(28-21)27-15-7-9-16(30)10-8-15/h12-16,30H,5-11H2,1-4H3,(H,25,26,29)(H2,23,24,27,28)/t15-,16-. The molecule has 30 heavy (non-hydrogen) atoms. The molecule has 0 aromatic carbocycles. The van der Waals surface area contributed by atoms with Crippen molar-refractivity contribution < 1.29 is 5.11 Å². The molecular weight excluding hydrogens is 378 g/mol. The normalized spacial score (nSPS) is 19.4. The molecule has 0 radical (unpaired) electrons. The van der Waals surface area contributed by atoms with Crippen molar-refractivity contribution in [3.8, 4) is 11.3 Å². The van der Waals surface area contributed by atoms with Gasteiger partial charge in [0.05, 0.1) is 17.4 Å². The Morgan fingerprint density at radius 3 is 2.57 bits per heavy atom. The van der Waals surface area contributed by atoms with Crippen LogP contribution in [0.4, 0.5) is 17.6 Å². The molecule has 8 nitrogen and oxygen atoms in total. The first-order valence-corrected chi connectivity index (χ1v) is 11.0. The lowest BCUT2D eigenvalue weighted by atomic mass is 9.93. The van der Waals surface area contributed by atoms with Crippen molar-refractivity contribution in [1.82, 2.24) is 19.9 Å². The highest BCUT2D eigenvalue weighted by atomic mass is 16.3. The average molecular weight is 414 g/mol. The summed E-state index contributed by atoms with van der Waals surface area (Å²) in [5.74, 6) is 2.16. The maximum atomic E-state index is 9.83. The first-order valence-electron chi connectivity index (χ1n) is 11.0. The third-order valence-electron chi connectivity index (χ3n) is 5.09. The molecule has 4 N–H and O–H groups in total. The van der Waals surface area contributed by atoms with E-state index in [0.717, 1.165) is 68.0 Å². The molecule has 1 fully saturated rings. The Kier molecular flexibility index (Phi) is 7.42. The van der Waals surface area contributed by atoms with Crippen LogP contribution in [0.25, 0.3) is 11.3 Å². The molecule has 0 saturated heterocycles. The van der Waals surface area contributed by atoms with Crippen LogP contribution in [0.5, 0.6) is 0 Å². The number of rotatable bonds is 8. The summed E-state index contributed by atoms with van der Waals surface area (Å²) in [7, 11) is 0.